The van der Waals surface area contributed by atoms with Crippen LogP contribution >= 0.6 is 0 Å². The molecule has 7 heteroatoms. The third-order valence-corrected chi connectivity index (χ3v) is 5.78. The average molecular weight is 463 g/mol. The molecule has 0 aliphatic rings. The Kier molecular flexibility index (Phi) is 6.22. The van der Waals surface area contributed by atoms with E-state index in [0.29, 0.717) is 12.2 Å². The number of hydrogen-bond acceptors (Lipinski definition) is 4. The molecule has 5 rings (SSSR count). The number of aryl methyl sites for hydroxylation is 2. The highest BCUT2D eigenvalue weighted by molar-refractivity contribution is 6.03. The summed E-state index contributed by atoms with van der Waals surface area (Å²) in [5.41, 5.74) is 7.17. The van der Waals surface area contributed by atoms with Crippen molar-refractivity contribution < 1.29 is 4.79 Å². The summed E-state index contributed by atoms with van der Waals surface area (Å²) in [5.74, 6) is -0.158. The number of amides is 1. The summed E-state index contributed by atoms with van der Waals surface area (Å²) in [6.07, 6.45) is 6.44. The van der Waals surface area contributed by atoms with Gasteiger partial charge in [0, 0.05) is 23.8 Å². The predicted octanol–water partition coefficient (Wildman–Crippen LogP) is 5.50. The molecule has 0 unspecified atom stereocenters. The van der Waals surface area contributed by atoms with Gasteiger partial charge in [0.2, 0.25) is 0 Å². The zero-order valence-electron chi connectivity index (χ0n) is 19.7. The van der Waals surface area contributed by atoms with Crippen molar-refractivity contribution in [1.29, 1.82) is 0 Å². The Bertz CT molecular complexity index is 1510. The molecule has 0 saturated heterocycles. The first-order chi connectivity index (χ1) is 17.1. The van der Waals surface area contributed by atoms with Crippen LogP contribution in [0.1, 0.15) is 45.6 Å². The molecule has 3 aromatic heterocycles. The molecular weight excluding hydrogens is 436 g/mol. The molecule has 174 valence electrons. The maximum atomic E-state index is 12.8. The van der Waals surface area contributed by atoms with E-state index in [4.69, 9.17) is 0 Å². The fourth-order valence-corrected chi connectivity index (χ4v) is 4.12. The molecule has 0 fully saturated rings. The number of fused-ring (bicyclic) bond motifs is 1. The van der Waals surface area contributed by atoms with Gasteiger partial charge in [0.1, 0.15) is 5.69 Å². The summed E-state index contributed by atoms with van der Waals surface area (Å²) in [6, 6.07) is 21.9. The number of pyridine rings is 1. The molecule has 35 heavy (non-hydrogen) atoms. The van der Waals surface area contributed by atoms with Crippen LogP contribution in [0.5, 0.6) is 0 Å². The van der Waals surface area contributed by atoms with Crippen LogP contribution in [0.3, 0.4) is 0 Å². The van der Waals surface area contributed by atoms with Crippen molar-refractivity contribution >= 4 is 34.6 Å². The molecular formula is C28H26N6O. The average Bonchev–Trinajstić information content (AvgIpc) is 3.46. The van der Waals surface area contributed by atoms with E-state index in [1.54, 1.807) is 10.9 Å². The summed E-state index contributed by atoms with van der Waals surface area (Å²) in [6.45, 7) is 4.51. The van der Waals surface area contributed by atoms with Crippen molar-refractivity contribution in [1.82, 2.24) is 25.0 Å². The predicted molar refractivity (Wildman–Crippen MR) is 139 cm³/mol. The number of H-pyrrole nitrogens is 1. The number of rotatable bonds is 7. The van der Waals surface area contributed by atoms with Crippen molar-refractivity contribution in [2.24, 2.45) is 0 Å². The van der Waals surface area contributed by atoms with E-state index in [0.717, 1.165) is 51.2 Å². The zero-order chi connectivity index (χ0) is 24.2. The van der Waals surface area contributed by atoms with E-state index in [9.17, 15) is 4.79 Å². The maximum absolute atomic E-state index is 12.8. The van der Waals surface area contributed by atoms with E-state index >= 15 is 0 Å². The van der Waals surface area contributed by atoms with Crippen molar-refractivity contribution in [2.45, 2.75) is 26.8 Å². The first kappa shape index (κ1) is 22.3. The molecule has 2 aromatic carbocycles. The second-order valence-corrected chi connectivity index (χ2v) is 8.39. The Hall–Kier alpha value is -4.52. The monoisotopic (exact) mass is 462 g/mol. The van der Waals surface area contributed by atoms with E-state index in [1.807, 2.05) is 68.5 Å². The Morgan fingerprint density at radius 2 is 1.91 bits per heavy atom. The number of hydrogen-bond donors (Lipinski definition) is 2. The Morgan fingerprint density at radius 3 is 2.74 bits per heavy atom. The highest BCUT2D eigenvalue weighted by Gasteiger charge is 2.13. The SMILES string of the molecule is CCn1nc(C)cc1C(=O)Nc1cccc(Cc2ccc3c(C=Cc4ccccn4)n[nH]c3c2)c1. The molecule has 5 aromatic rings. The molecule has 1 amide bonds. The lowest BCUT2D eigenvalue weighted by Gasteiger charge is -2.09. The van der Waals surface area contributed by atoms with E-state index < -0.39 is 0 Å². The number of carbonyl (C=O) groups is 1. The van der Waals surface area contributed by atoms with Gasteiger partial charge in [-0.25, -0.2) is 0 Å². The Morgan fingerprint density at radius 1 is 1.03 bits per heavy atom. The van der Waals surface area contributed by atoms with Crippen LogP contribution in [-0.4, -0.2) is 30.9 Å². The van der Waals surface area contributed by atoms with Crippen LogP contribution in [0.4, 0.5) is 5.69 Å². The quantitative estimate of drug-likeness (QED) is 0.334. The largest absolute Gasteiger partial charge is 0.321 e. The molecule has 3 heterocycles. The molecule has 0 bridgehead atoms. The minimum absolute atomic E-state index is 0.158. The van der Waals surface area contributed by atoms with E-state index in [1.165, 1.54) is 0 Å². The fourth-order valence-electron chi connectivity index (χ4n) is 4.12. The minimum atomic E-state index is -0.158. The molecule has 0 radical (unpaired) electrons. The molecule has 2 N–H and O–H groups in total. The number of carbonyl (C=O) groups excluding carboxylic acids is 1. The Labute approximate surface area is 203 Å². The molecule has 0 aliphatic heterocycles. The summed E-state index contributed by atoms with van der Waals surface area (Å²) in [5, 5.41) is 16.0. The zero-order valence-corrected chi connectivity index (χ0v) is 19.7. The molecule has 0 aliphatic carbocycles. The van der Waals surface area contributed by atoms with Gasteiger partial charge in [-0.1, -0.05) is 30.3 Å². The number of aromatic amines is 1. The van der Waals surface area contributed by atoms with Crippen molar-refractivity contribution in [2.75, 3.05) is 5.32 Å². The second kappa shape index (κ2) is 9.77. The number of aromatic nitrogens is 5. The first-order valence-electron chi connectivity index (χ1n) is 11.6. The van der Waals surface area contributed by atoms with Gasteiger partial charge in [-0.3, -0.25) is 19.6 Å². The smallest absolute Gasteiger partial charge is 0.273 e. The lowest BCUT2D eigenvalue weighted by Crippen LogP contribution is -2.17. The number of anilines is 1. The molecule has 0 spiro atoms. The number of nitrogens with zero attached hydrogens (tertiary/aromatic N) is 4. The maximum Gasteiger partial charge on any atom is 0.273 e. The minimum Gasteiger partial charge on any atom is -0.321 e. The lowest BCUT2D eigenvalue weighted by molar-refractivity contribution is 0.101. The van der Waals surface area contributed by atoms with Crippen LogP contribution in [-0.2, 0) is 13.0 Å². The first-order valence-corrected chi connectivity index (χ1v) is 11.6. The van der Waals surface area contributed by atoms with Gasteiger partial charge in [-0.15, -0.1) is 0 Å². The van der Waals surface area contributed by atoms with Gasteiger partial charge in [0.25, 0.3) is 5.91 Å². The van der Waals surface area contributed by atoms with E-state index in [2.05, 4.69) is 49.9 Å². The Balaban J connectivity index is 1.31. The van der Waals surface area contributed by atoms with Gasteiger partial charge in [0.05, 0.1) is 22.6 Å². The van der Waals surface area contributed by atoms with Gasteiger partial charge >= 0.3 is 0 Å². The summed E-state index contributed by atoms with van der Waals surface area (Å²) in [4.78, 5) is 17.1. The highest BCUT2D eigenvalue weighted by atomic mass is 16.2. The lowest BCUT2D eigenvalue weighted by atomic mass is 10.0. The second-order valence-electron chi connectivity index (χ2n) is 8.39. The number of nitrogens with one attached hydrogen (secondary N) is 2. The van der Waals surface area contributed by atoms with Crippen LogP contribution < -0.4 is 5.32 Å². The van der Waals surface area contributed by atoms with Crippen LogP contribution in [0.15, 0.2) is 72.9 Å². The molecule has 0 saturated carbocycles. The van der Waals surface area contributed by atoms with Gasteiger partial charge in [-0.2, -0.15) is 10.2 Å². The van der Waals surface area contributed by atoms with Crippen molar-refractivity contribution in [3.63, 3.8) is 0 Å². The highest BCUT2D eigenvalue weighted by Crippen LogP contribution is 2.22. The summed E-state index contributed by atoms with van der Waals surface area (Å²) < 4.78 is 1.72. The summed E-state index contributed by atoms with van der Waals surface area (Å²) >= 11 is 0. The normalized spacial score (nSPS) is 11.4. The molecule has 0 atom stereocenters. The van der Waals surface area contributed by atoms with Crippen molar-refractivity contribution in [3.8, 4) is 0 Å². The number of benzene rings is 2. The molecule has 7 nitrogen and oxygen atoms in total. The third kappa shape index (κ3) is 5.04. The van der Waals surface area contributed by atoms with Crippen LogP contribution in [0.25, 0.3) is 23.1 Å². The third-order valence-electron chi connectivity index (χ3n) is 5.78. The van der Waals surface area contributed by atoms with Crippen LogP contribution in [0, 0.1) is 6.92 Å². The van der Waals surface area contributed by atoms with E-state index in [-0.39, 0.29) is 5.91 Å². The van der Waals surface area contributed by atoms with Crippen molar-refractivity contribution in [3.05, 3.63) is 107 Å². The van der Waals surface area contributed by atoms with Gasteiger partial charge in [-0.05, 0) is 79.9 Å². The van der Waals surface area contributed by atoms with Crippen LogP contribution in [0.2, 0.25) is 0 Å². The van der Waals surface area contributed by atoms with Gasteiger partial charge in [0.15, 0.2) is 0 Å². The fraction of sp³-hybridized carbons (Fsp3) is 0.143. The van der Waals surface area contributed by atoms with Gasteiger partial charge < -0.3 is 5.32 Å². The standard InChI is InChI=1S/C28H26N6O/c1-3-34-27(15-19(2)33-34)28(35)30-23-9-6-7-20(17-23)16-21-10-12-24-25(31-32-26(24)18-21)13-11-22-8-4-5-14-29-22/h4-15,17-18H,3,16H2,1-2H3,(H,30,35)(H,31,32). The summed E-state index contributed by atoms with van der Waals surface area (Å²) in [7, 11) is 0. The topological polar surface area (TPSA) is 88.5 Å².